The lowest BCUT2D eigenvalue weighted by Gasteiger charge is -2.26. The summed E-state index contributed by atoms with van der Waals surface area (Å²) in [6, 6.07) is 4.82. The molecule has 0 aromatic heterocycles. The molecule has 0 radical (unpaired) electrons. The molecule has 0 aliphatic carbocycles. The van der Waals surface area contributed by atoms with Crippen LogP contribution in [0.4, 0.5) is 4.39 Å². The molecule has 96 valence electrons. The molecule has 0 spiro atoms. The lowest BCUT2D eigenvalue weighted by atomic mass is 10.1. The van der Waals surface area contributed by atoms with Gasteiger partial charge in [0.2, 0.25) is 0 Å². The Morgan fingerprint density at radius 3 is 2.89 bits per heavy atom. The van der Waals surface area contributed by atoms with Gasteiger partial charge in [-0.2, -0.15) is 0 Å². The van der Waals surface area contributed by atoms with Gasteiger partial charge in [0.25, 0.3) is 0 Å². The van der Waals surface area contributed by atoms with E-state index in [1.807, 2.05) is 0 Å². The molecule has 1 aromatic carbocycles. The molecular weight excluding hydrogens is 235 g/mol. The van der Waals surface area contributed by atoms with E-state index in [1.165, 1.54) is 6.07 Å². The summed E-state index contributed by atoms with van der Waals surface area (Å²) in [5, 5.41) is 8.59. The summed E-state index contributed by atoms with van der Waals surface area (Å²) < 4.78 is 24.1. The molecule has 1 aromatic rings. The largest absolute Gasteiger partial charge is 0.395 e. The molecule has 0 amide bonds. The lowest BCUT2D eigenvalue weighted by molar-refractivity contribution is -0.135. The summed E-state index contributed by atoms with van der Waals surface area (Å²) in [6.07, 6.45) is 0.488. The minimum absolute atomic E-state index is 0.0187. The Bertz CT molecular complexity index is 458. The lowest BCUT2D eigenvalue weighted by Crippen LogP contribution is -2.35. The van der Waals surface area contributed by atoms with E-state index in [9.17, 15) is 4.39 Å². The van der Waals surface area contributed by atoms with Crippen molar-refractivity contribution in [2.24, 2.45) is 0 Å². The van der Waals surface area contributed by atoms with Crippen LogP contribution in [0.5, 0.6) is 0 Å². The summed E-state index contributed by atoms with van der Waals surface area (Å²) in [7, 11) is 0. The summed E-state index contributed by atoms with van der Waals surface area (Å²) in [6.45, 7) is 1.45. The Labute approximate surface area is 106 Å². The average molecular weight is 250 g/mol. The molecule has 18 heavy (non-hydrogen) atoms. The quantitative estimate of drug-likeness (QED) is 0.823. The zero-order valence-corrected chi connectivity index (χ0v) is 9.99. The van der Waals surface area contributed by atoms with Crippen molar-refractivity contribution in [2.75, 3.05) is 19.8 Å². The van der Waals surface area contributed by atoms with Crippen LogP contribution in [0.2, 0.25) is 0 Å². The molecule has 1 N–H and O–H groups in total. The van der Waals surface area contributed by atoms with E-state index in [4.69, 9.17) is 14.6 Å². The van der Waals surface area contributed by atoms with Gasteiger partial charge in [-0.1, -0.05) is 17.9 Å². The Morgan fingerprint density at radius 1 is 1.44 bits per heavy atom. The maximum atomic E-state index is 13.7. The Kier molecular flexibility index (Phi) is 4.71. The van der Waals surface area contributed by atoms with Gasteiger partial charge in [-0.05, 0) is 12.1 Å². The monoisotopic (exact) mass is 250 g/mol. The number of benzene rings is 1. The maximum Gasteiger partial charge on any atom is 0.129 e. The van der Waals surface area contributed by atoms with Gasteiger partial charge >= 0.3 is 0 Å². The van der Waals surface area contributed by atoms with E-state index in [1.54, 1.807) is 12.1 Å². The van der Waals surface area contributed by atoms with Gasteiger partial charge in [0, 0.05) is 17.5 Å². The Morgan fingerprint density at radius 2 is 2.28 bits per heavy atom. The molecule has 1 fully saturated rings. The molecule has 1 heterocycles. The van der Waals surface area contributed by atoms with Crippen LogP contribution in [-0.2, 0) is 16.1 Å². The predicted octanol–water partition coefficient (Wildman–Crippen LogP) is 1.47. The van der Waals surface area contributed by atoms with Crippen LogP contribution in [0, 0.1) is 17.7 Å². The zero-order valence-electron chi connectivity index (χ0n) is 9.99. The summed E-state index contributed by atoms with van der Waals surface area (Å²) >= 11 is 0. The van der Waals surface area contributed by atoms with E-state index in [2.05, 4.69) is 11.8 Å². The minimum atomic E-state index is -0.314. The topological polar surface area (TPSA) is 38.7 Å². The Balaban J connectivity index is 1.94. The number of hydrogen-bond acceptors (Lipinski definition) is 3. The first-order chi connectivity index (χ1) is 8.79. The number of rotatable bonds is 4. The third-order valence-electron chi connectivity index (χ3n) is 2.60. The predicted molar refractivity (Wildman–Crippen MR) is 64.4 cm³/mol. The van der Waals surface area contributed by atoms with Gasteiger partial charge in [-0.25, -0.2) is 4.39 Å². The van der Waals surface area contributed by atoms with Crippen LogP contribution in [-0.4, -0.2) is 31.0 Å². The first kappa shape index (κ1) is 13.0. The summed E-state index contributed by atoms with van der Waals surface area (Å²) in [4.78, 5) is 0. The van der Waals surface area contributed by atoms with Crippen molar-refractivity contribution in [1.82, 2.24) is 0 Å². The molecule has 1 saturated heterocycles. The highest BCUT2D eigenvalue weighted by Gasteiger charge is 2.19. The van der Waals surface area contributed by atoms with Gasteiger partial charge in [0.1, 0.15) is 11.9 Å². The minimum Gasteiger partial charge on any atom is -0.395 e. The number of hydrogen-bond donors (Lipinski definition) is 1. The van der Waals surface area contributed by atoms with Gasteiger partial charge in [-0.15, -0.1) is 0 Å². The summed E-state index contributed by atoms with van der Waals surface area (Å²) in [5.41, 5.74) is 1.13. The van der Waals surface area contributed by atoms with E-state index >= 15 is 0 Å². The molecule has 0 saturated carbocycles. The first-order valence-electron chi connectivity index (χ1n) is 5.87. The number of ether oxygens (including phenoxy) is 2. The second-order valence-electron chi connectivity index (χ2n) is 4.05. The molecule has 0 unspecified atom stereocenters. The second-order valence-corrected chi connectivity index (χ2v) is 4.05. The number of aliphatic hydroxyl groups is 1. The first-order valence-corrected chi connectivity index (χ1v) is 5.87. The van der Waals surface area contributed by atoms with Crippen LogP contribution in [0.3, 0.4) is 0 Å². The molecule has 2 rings (SSSR count). The standard InChI is InChI=1S/C14H15FO3/c15-14-7-11(3-1-2-6-16)4-5-12(14)8-18-13-9-17-10-13/h4-5,7,13,16H,2,6,8-10H2. The average Bonchev–Trinajstić information content (AvgIpc) is 2.30. The van der Waals surface area contributed by atoms with Crippen molar-refractivity contribution in [3.8, 4) is 11.8 Å². The van der Waals surface area contributed by atoms with E-state index < -0.39 is 0 Å². The molecular formula is C14H15FO3. The fourth-order valence-electron chi connectivity index (χ4n) is 1.48. The van der Waals surface area contributed by atoms with Crippen LogP contribution in [0.15, 0.2) is 18.2 Å². The van der Waals surface area contributed by atoms with Crippen molar-refractivity contribution in [1.29, 1.82) is 0 Å². The summed E-state index contributed by atoms with van der Waals surface area (Å²) in [5.74, 6) is 5.23. The van der Waals surface area contributed by atoms with Gasteiger partial charge in [-0.3, -0.25) is 0 Å². The van der Waals surface area contributed by atoms with E-state index in [-0.39, 0.29) is 25.1 Å². The SMILES string of the molecule is OCCC#Cc1ccc(COC2COC2)c(F)c1. The highest BCUT2D eigenvalue weighted by atomic mass is 19.1. The molecule has 0 atom stereocenters. The molecule has 3 nitrogen and oxygen atoms in total. The van der Waals surface area contributed by atoms with Gasteiger partial charge < -0.3 is 14.6 Å². The fraction of sp³-hybridized carbons (Fsp3) is 0.429. The molecule has 1 aliphatic heterocycles. The van der Waals surface area contributed by atoms with Gasteiger partial charge in [0.15, 0.2) is 0 Å². The third-order valence-corrected chi connectivity index (χ3v) is 2.60. The van der Waals surface area contributed by atoms with Crippen LogP contribution in [0.1, 0.15) is 17.5 Å². The fourth-order valence-corrected chi connectivity index (χ4v) is 1.48. The van der Waals surface area contributed by atoms with Crippen molar-refractivity contribution in [2.45, 2.75) is 19.1 Å². The van der Waals surface area contributed by atoms with Gasteiger partial charge in [0.05, 0.1) is 26.4 Å². The highest BCUT2D eigenvalue weighted by molar-refractivity contribution is 5.36. The second kappa shape index (κ2) is 6.50. The number of aliphatic hydroxyl groups excluding tert-OH is 1. The molecule has 4 heteroatoms. The van der Waals surface area contributed by atoms with Crippen molar-refractivity contribution >= 4 is 0 Å². The van der Waals surface area contributed by atoms with E-state index in [0.29, 0.717) is 30.8 Å². The zero-order chi connectivity index (χ0) is 12.8. The van der Waals surface area contributed by atoms with E-state index in [0.717, 1.165) is 0 Å². The van der Waals surface area contributed by atoms with Crippen LogP contribution in [0.25, 0.3) is 0 Å². The normalized spacial score (nSPS) is 14.8. The molecule has 0 bridgehead atoms. The number of halogens is 1. The van der Waals surface area contributed by atoms with Crippen LogP contribution < -0.4 is 0 Å². The van der Waals surface area contributed by atoms with Crippen molar-refractivity contribution in [3.05, 3.63) is 35.1 Å². The van der Waals surface area contributed by atoms with Crippen LogP contribution >= 0.6 is 0 Å². The smallest absolute Gasteiger partial charge is 0.129 e. The third kappa shape index (κ3) is 3.54. The maximum absolute atomic E-state index is 13.7. The van der Waals surface area contributed by atoms with Crippen molar-refractivity contribution < 1.29 is 19.0 Å². The van der Waals surface area contributed by atoms with Crippen molar-refractivity contribution in [3.63, 3.8) is 0 Å². The highest BCUT2D eigenvalue weighted by Crippen LogP contribution is 2.14. The Hall–Kier alpha value is -1.41. The molecule has 1 aliphatic rings.